The first-order valence-electron chi connectivity index (χ1n) is 8.75. The van der Waals surface area contributed by atoms with Crippen molar-refractivity contribution in [3.8, 4) is 0 Å². The van der Waals surface area contributed by atoms with Crippen molar-refractivity contribution in [3.05, 3.63) is 52.5 Å². The van der Waals surface area contributed by atoms with E-state index in [1.807, 2.05) is 23.6 Å². The van der Waals surface area contributed by atoms with E-state index in [9.17, 15) is 0 Å². The van der Waals surface area contributed by atoms with E-state index >= 15 is 0 Å². The molecule has 0 amide bonds. The Hall–Kier alpha value is -1.27. The second-order valence-electron chi connectivity index (χ2n) is 6.67. The highest BCUT2D eigenvalue weighted by Crippen LogP contribution is 2.36. The summed E-state index contributed by atoms with van der Waals surface area (Å²) < 4.78 is 12.1. The van der Waals surface area contributed by atoms with Gasteiger partial charge in [0.05, 0.1) is 25.9 Å². The fourth-order valence-corrected chi connectivity index (χ4v) is 4.66. The molecule has 0 N–H and O–H groups in total. The normalized spacial score (nSPS) is 27.2. The zero-order valence-electron chi connectivity index (χ0n) is 13.8. The van der Waals surface area contributed by atoms with Crippen LogP contribution in [0.5, 0.6) is 0 Å². The molecule has 2 aliphatic rings. The predicted molar refractivity (Wildman–Crippen MR) is 94.9 cm³/mol. The number of fused-ring (bicyclic) bond motifs is 1. The van der Waals surface area contributed by atoms with Crippen LogP contribution < -0.4 is 0 Å². The zero-order chi connectivity index (χ0) is 16.2. The number of nitrogens with zero attached hydrogens (tertiary/aromatic N) is 2. The lowest BCUT2D eigenvalue weighted by molar-refractivity contribution is -0.0889. The molecule has 4 rings (SSSR count). The number of pyridine rings is 1. The molecule has 1 saturated heterocycles. The molecule has 3 heterocycles. The smallest absolute Gasteiger partial charge is 0.0781 e. The molecular weight excluding hydrogens is 320 g/mol. The molecule has 128 valence electrons. The molecule has 0 radical (unpaired) electrons. The van der Waals surface area contributed by atoms with E-state index in [2.05, 4.69) is 33.5 Å². The van der Waals surface area contributed by atoms with Gasteiger partial charge in [0, 0.05) is 42.3 Å². The van der Waals surface area contributed by atoms with Crippen LogP contribution in [0.2, 0.25) is 0 Å². The highest BCUT2D eigenvalue weighted by molar-refractivity contribution is 7.09. The minimum absolute atomic E-state index is 0.326. The van der Waals surface area contributed by atoms with Gasteiger partial charge >= 0.3 is 0 Å². The molecule has 0 aromatic carbocycles. The first-order valence-corrected chi connectivity index (χ1v) is 9.63. The standard InChI is InChI=1S/C19H24N2O2S/c1-3-15(11-20-7-1)13-22-14-16-5-6-18-19(16)23-9-8-21(18)12-17-4-2-10-24-17/h1-4,7,10-11,16,18-19H,5-6,8-9,12-14H2/t16-,18-,19-/m0/s1. The van der Waals surface area contributed by atoms with Gasteiger partial charge in [-0.15, -0.1) is 11.3 Å². The van der Waals surface area contributed by atoms with Gasteiger partial charge in [-0.1, -0.05) is 12.1 Å². The second kappa shape index (κ2) is 7.74. The van der Waals surface area contributed by atoms with Gasteiger partial charge in [-0.2, -0.15) is 0 Å². The molecule has 1 saturated carbocycles. The van der Waals surface area contributed by atoms with Crippen LogP contribution in [-0.2, 0) is 22.6 Å². The topological polar surface area (TPSA) is 34.6 Å². The Morgan fingerprint density at radius 3 is 3.12 bits per heavy atom. The van der Waals surface area contributed by atoms with E-state index in [1.165, 1.54) is 17.7 Å². The number of morpholine rings is 1. The Morgan fingerprint density at radius 1 is 1.29 bits per heavy atom. The van der Waals surface area contributed by atoms with Crippen molar-refractivity contribution in [1.29, 1.82) is 0 Å². The Kier molecular flexibility index (Phi) is 5.23. The lowest BCUT2D eigenvalue weighted by Crippen LogP contribution is -2.50. The zero-order valence-corrected chi connectivity index (χ0v) is 14.7. The molecule has 1 aliphatic carbocycles. The molecule has 2 aromatic heterocycles. The summed E-state index contributed by atoms with van der Waals surface area (Å²) in [7, 11) is 0. The predicted octanol–water partition coefficient (Wildman–Crippen LogP) is 3.34. The third-order valence-electron chi connectivity index (χ3n) is 5.10. The summed E-state index contributed by atoms with van der Waals surface area (Å²) in [6.07, 6.45) is 6.41. The van der Waals surface area contributed by atoms with Crippen molar-refractivity contribution < 1.29 is 9.47 Å². The van der Waals surface area contributed by atoms with Crippen LogP contribution in [-0.4, -0.2) is 41.8 Å². The van der Waals surface area contributed by atoms with Gasteiger partial charge in [0.1, 0.15) is 0 Å². The molecule has 5 heteroatoms. The van der Waals surface area contributed by atoms with Crippen LogP contribution in [0.1, 0.15) is 23.3 Å². The molecule has 4 nitrogen and oxygen atoms in total. The first-order chi connectivity index (χ1) is 11.9. The van der Waals surface area contributed by atoms with Crippen LogP contribution >= 0.6 is 11.3 Å². The quantitative estimate of drug-likeness (QED) is 0.805. The molecule has 0 spiro atoms. The van der Waals surface area contributed by atoms with Gasteiger partial charge in [-0.25, -0.2) is 0 Å². The number of hydrogen-bond acceptors (Lipinski definition) is 5. The monoisotopic (exact) mass is 344 g/mol. The average Bonchev–Trinajstić information content (AvgIpc) is 3.27. The molecule has 2 aromatic rings. The molecule has 2 fully saturated rings. The van der Waals surface area contributed by atoms with Gasteiger partial charge in [0.15, 0.2) is 0 Å². The van der Waals surface area contributed by atoms with Crippen molar-refractivity contribution in [2.24, 2.45) is 5.92 Å². The van der Waals surface area contributed by atoms with E-state index in [-0.39, 0.29) is 0 Å². The number of rotatable bonds is 6. The Labute approximate surface area is 147 Å². The highest BCUT2D eigenvalue weighted by atomic mass is 32.1. The highest BCUT2D eigenvalue weighted by Gasteiger charge is 2.42. The summed E-state index contributed by atoms with van der Waals surface area (Å²) in [6.45, 7) is 4.36. The van der Waals surface area contributed by atoms with Gasteiger partial charge < -0.3 is 9.47 Å². The van der Waals surface area contributed by atoms with Crippen molar-refractivity contribution in [2.75, 3.05) is 19.8 Å². The maximum Gasteiger partial charge on any atom is 0.0781 e. The van der Waals surface area contributed by atoms with E-state index in [0.29, 0.717) is 24.7 Å². The lowest BCUT2D eigenvalue weighted by atomic mass is 10.0. The van der Waals surface area contributed by atoms with Gasteiger partial charge in [0.2, 0.25) is 0 Å². The summed E-state index contributed by atoms with van der Waals surface area (Å²) in [6, 6.07) is 8.94. The van der Waals surface area contributed by atoms with Crippen LogP contribution in [0.3, 0.4) is 0 Å². The Morgan fingerprint density at radius 2 is 2.29 bits per heavy atom. The summed E-state index contributed by atoms with van der Waals surface area (Å²) in [5.41, 5.74) is 1.14. The van der Waals surface area contributed by atoms with Crippen molar-refractivity contribution >= 4 is 11.3 Å². The fourth-order valence-electron chi connectivity index (χ4n) is 3.93. The van der Waals surface area contributed by atoms with E-state index in [1.54, 1.807) is 6.20 Å². The number of thiophene rings is 1. The lowest BCUT2D eigenvalue weighted by Gasteiger charge is -2.39. The molecule has 1 aliphatic heterocycles. The fraction of sp³-hybridized carbons (Fsp3) is 0.526. The van der Waals surface area contributed by atoms with Crippen LogP contribution in [0.15, 0.2) is 42.0 Å². The third kappa shape index (κ3) is 3.70. The Bertz CT molecular complexity index is 620. The SMILES string of the molecule is c1cncc(COC[C@@H]2CC[C@H]3[C@H]2OCCN3Cc2cccs2)c1. The van der Waals surface area contributed by atoms with E-state index in [0.717, 1.165) is 31.9 Å². The first kappa shape index (κ1) is 16.2. The minimum Gasteiger partial charge on any atom is -0.376 e. The van der Waals surface area contributed by atoms with Crippen LogP contribution in [0, 0.1) is 5.92 Å². The van der Waals surface area contributed by atoms with Crippen LogP contribution in [0.25, 0.3) is 0 Å². The van der Waals surface area contributed by atoms with Gasteiger partial charge in [-0.05, 0) is 35.9 Å². The number of ether oxygens (including phenoxy) is 2. The van der Waals surface area contributed by atoms with E-state index in [4.69, 9.17) is 9.47 Å². The second-order valence-corrected chi connectivity index (χ2v) is 7.70. The van der Waals surface area contributed by atoms with Crippen molar-refractivity contribution in [1.82, 2.24) is 9.88 Å². The maximum absolute atomic E-state index is 6.14. The summed E-state index contributed by atoms with van der Waals surface area (Å²) in [4.78, 5) is 8.20. The average molecular weight is 344 g/mol. The summed E-state index contributed by atoms with van der Waals surface area (Å²) >= 11 is 1.85. The molecular formula is C19H24N2O2S. The van der Waals surface area contributed by atoms with Crippen molar-refractivity contribution in [2.45, 2.75) is 38.1 Å². The largest absolute Gasteiger partial charge is 0.376 e. The molecule has 3 atom stereocenters. The molecule has 24 heavy (non-hydrogen) atoms. The van der Waals surface area contributed by atoms with Gasteiger partial charge in [0.25, 0.3) is 0 Å². The van der Waals surface area contributed by atoms with Crippen molar-refractivity contribution in [3.63, 3.8) is 0 Å². The van der Waals surface area contributed by atoms with Gasteiger partial charge in [-0.3, -0.25) is 9.88 Å². The number of hydrogen-bond donors (Lipinski definition) is 0. The van der Waals surface area contributed by atoms with E-state index < -0.39 is 0 Å². The number of aromatic nitrogens is 1. The maximum atomic E-state index is 6.14. The molecule has 0 bridgehead atoms. The Balaban J connectivity index is 1.31. The molecule has 0 unspecified atom stereocenters. The minimum atomic E-state index is 0.326. The van der Waals surface area contributed by atoms with Crippen LogP contribution in [0.4, 0.5) is 0 Å². The summed E-state index contributed by atoms with van der Waals surface area (Å²) in [5, 5.41) is 2.16. The summed E-state index contributed by atoms with van der Waals surface area (Å²) in [5.74, 6) is 0.512. The third-order valence-corrected chi connectivity index (χ3v) is 5.96.